The molecular formula is C15H22N2O2. The van der Waals surface area contributed by atoms with Crippen molar-refractivity contribution < 1.29 is 9.53 Å². The second-order valence-electron chi connectivity index (χ2n) is 5.14. The fourth-order valence-corrected chi connectivity index (χ4v) is 2.48. The first kappa shape index (κ1) is 13.9. The number of hydrogen-bond donors (Lipinski definition) is 2. The summed E-state index contributed by atoms with van der Waals surface area (Å²) >= 11 is 0. The SMILES string of the molecule is COc1cccc(C(=O)NCC2CCCC(C)N2)c1. The van der Waals surface area contributed by atoms with Crippen molar-refractivity contribution in [3.8, 4) is 5.75 Å². The number of benzene rings is 1. The molecule has 1 aromatic rings. The molecule has 1 saturated heterocycles. The Morgan fingerprint density at radius 1 is 1.47 bits per heavy atom. The summed E-state index contributed by atoms with van der Waals surface area (Å²) in [5, 5.41) is 6.49. The van der Waals surface area contributed by atoms with Gasteiger partial charge in [-0.1, -0.05) is 12.5 Å². The third-order valence-electron chi connectivity index (χ3n) is 3.55. The molecule has 1 aliphatic rings. The topological polar surface area (TPSA) is 50.4 Å². The van der Waals surface area contributed by atoms with E-state index in [1.165, 1.54) is 12.8 Å². The molecule has 2 rings (SSSR count). The van der Waals surface area contributed by atoms with Crippen LogP contribution in [0.1, 0.15) is 36.5 Å². The molecule has 0 spiro atoms. The van der Waals surface area contributed by atoms with Gasteiger partial charge in [0.25, 0.3) is 5.91 Å². The number of carbonyl (C=O) groups is 1. The van der Waals surface area contributed by atoms with E-state index < -0.39 is 0 Å². The average Bonchev–Trinajstić information content (AvgIpc) is 2.45. The third kappa shape index (κ3) is 3.96. The number of rotatable bonds is 4. The first-order valence-electron chi connectivity index (χ1n) is 6.87. The van der Waals surface area contributed by atoms with E-state index in [1.807, 2.05) is 12.1 Å². The van der Waals surface area contributed by atoms with E-state index in [-0.39, 0.29) is 5.91 Å². The minimum atomic E-state index is -0.0427. The molecule has 1 amide bonds. The maximum Gasteiger partial charge on any atom is 0.251 e. The summed E-state index contributed by atoms with van der Waals surface area (Å²) in [4.78, 5) is 12.0. The van der Waals surface area contributed by atoms with Crippen LogP contribution in [-0.4, -0.2) is 31.6 Å². The fourth-order valence-electron chi connectivity index (χ4n) is 2.48. The summed E-state index contributed by atoms with van der Waals surface area (Å²) in [5.74, 6) is 0.663. The van der Waals surface area contributed by atoms with E-state index in [9.17, 15) is 4.79 Å². The summed E-state index contributed by atoms with van der Waals surface area (Å²) in [6.45, 7) is 2.87. The maximum absolute atomic E-state index is 12.0. The molecule has 0 bridgehead atoms. The lowest BCUT2D eigenvalue weighted by Crippen LogP contribution is -2.47. The van der Waals surface area contributed by atoms with Crippen LogP contribution in [0.2, 0.25) is 0 Å². The Balaban J connectivity index is 1.86. The predicted molar refractivity (Wildman–Crippen MR) is 75.6 cm³/mol. The molecule has 1 aromatic carbocycles. The first-order valence-corrected chi connectivity index (χ1v) is 6.87. The molecule has 4 heteroatoms. The second kappa shape index (κ2) is 6.57. The lowest BCUT2D eigenvalue weighted by atomic mass is 9.99. The van der Waals surface area contributed by atoms with Gasteiger partial charge in [-0.05, 0) is 38.0 Å². The van der Waals surface area contributed by atoms with Crippen molar-refractivity contribution in [2.24, 2.45) is 0 Å². The molecule has 0 radical (unpaired) electrons. The minimum absolute atomic E-state index is 0.0427. The van der Waals surface area contributed by atoms with Crippen LogP contribution in [0, 0.1) is 0 Å². The Bertz CT molecular complexity index is 434. The van der Waals surface area contributed by atoms with Gasteiger partial charge in [0, 0.05) is 24.2 Å². The predicted octanol–water partition coefficient (Wildman–Crippen LogP) is 1.96. The number of nitrogens with one attached hydrogen (secondary N) is 2. The van der Waals surface area contributed by atoms with E-state index in [0.717, 1.165) is 6.42 Å². The summed E-state index contributed by atoms with van der Waals surface area (Å²) < 4.78 is 5.12. The van der Waals surface area contributed by atoms with Crippen LogP contribution in [0.3, 0.4) is 0 Å². The van der Waals surface area contributed by atoms with Gasteiger partial charge in [0.2, 0.25) is 0 Å². The molecule has 2 unspecified atom stereocenters. The number of hydrogen-bond acceptors (Lipinski definition) is 3. The zero-order valence-corrected chi connectivity index (χ0v) is 11.6. The lowest BCUT2D eigenvalue weighted by Gasteiger charge is -2.28. The van der Waals surface area contributed by atoms with Gasteiger partial charge in [0.15, 0.2) is 0 Å². The Kier molecular flexibility index (Phi) is 4.80. The van der Waals surface area contributed by atoms with Gasteiger partial charge in [-0.15, -0.1) is 0 Å². The van der Waals surface area contributed by atoms with Crippen LogP contribution in [0.4, 0.5) is 0 Å². The quantitative estimate of drug-likeness (QED) is 0.872. The second-order valence-corrected chi connectivity index (χ2v) is 5.14. The highest BCUT2D eigenvalue weighted by Crippen LogP contribution is 2.13. The molecular weight excluding hydrogens is 240 g/mol. The molecule has 1 aliphatic heterocycles. The Labute approximate surface area is 114 Å². The Morgan fingerprint density at radius 3 is 3.05 bits per heavy atom. The van der Waals surface area contributed by atoms with Crippen molar-refractivity contribution in [1.82, 2.24) is 10.6 Å². The van der Waals surface area contributed by atoms with Crippen molar-refractivity contribution in [1.29, 1.82) is 0 Å². The Morgan fingerprint density at radius 2 is 2.32 bits per heavy atom. The number of amides is 1. The number of ether oxygens (including phenoxy) is 1. The fraction of sp³-hybridized carbons (Fsp3) is 0.533. The van der Waals surface area contributed by atoms with Gasteiger partial charge in [-0.3, -0.25) is 4.79 Å². The van der Waals surface area contributed by atoms with Crippen LogP contribution in [0.15, 0.2) is 24.3 Å². The van der Waals surface area contributed by atoms with Gasteiger partial charge in [0.05, 0.1) is 7.11 Å². The van der Waals surface area contributed by atoms with Crippen molar-refractivity contribution in [3.63, 3.8) is 0 Å². The molecule has 19 heavy (non-hydrogen) atoms. The highest BCUT2D eigenvalue weighted by molar-refractivity contribution is 5.94. The molecule has 4 nitrogen and oxygen atoms in total. The Hall–Kier alpha value is -1.55. The van der Waals surface area contributed by atoms with E-state index in [0.29, 0.717) is 29.9 Å². The van der Waals surface area contributed by atoms with Crippen LogP contribution >= 0.6 is 0 Å². The standard InChI is InChI=1S/C15H22N2O2/c1-11-5-3-7-13(17-11)10-16-15(18)12-6-4-8-14(9-12)19-2/h4,6,8-9,11,13,17H,3,5,7,10H2,1-2H3,(H,16,18). The van der Waals surface area contributed by atoms with E-state index in [2.05, 4.69) is 17.6 Å². The highest BCUT2D eigenvalue weighted by atomic mass is 16.5. The molecule has 1 fully saturated rings. The van der Waals surface area contributed by atoms with Gasteiger partial charge in [-0.2, -0.15) is 0 Å². The molecule has 0 saturated carbocycles. The highest BCUT2D eigenvalue weighted by Gasteiger charge is 2.18. The smallest absolute Gasteiger partial charge is 0.251 e. The minimum Gasteiger partial charge on any atom is -0.497 e. The summed E-state index contributed by atoms with van der Waals surface area (Å²) in [6, 6.07) is 8.16. The van der Waals surface area contributed by atoms with Crippen LogP contribution in [0.25, 0.3) is 0 Å². The first-order chi connectivity index (χ1) is 9.19. The zero-order valence-electron chi connectivity index (χ0n) is 11.6. The number of methoxy groups -OCH3 is 1. The van der Waals surface area contributed by atoms with Gasteiger partial charge >= 0.3 is 0 Å². The van der Waals surface area contributed by atoms with Crippen molar-refractivity contribution in [2.45, 2.75) is 38.3 Å². The van der Waals surface area contributed by atoms with Crippen molar-refractivity contribution >= 4 is 5.91 Å². The maximum atomic E-state index is 12.0. The van der Waals surface area contributed by atoms with Crippen molar-refractivity contribution in [2.75, 3.05) is 13.7 Å². The van der Waals surface area contributed by atoms with Crippen molar-refractivity contribution in [3.05, 3.63) is 29.8 Å². The average molecular weight is 262 g/mol. The van der Waals surface area contributed by atoms with E-state index in [1.54, 1.807) is 19.2 Å². The normalized spacial score (nSPS) is 22.8. The molecule has 1 heterocycles. The monoisotopic (exact) mass is 262 g/mol. The van der Waals surface area contributed by atoms with Gasteiger partial charge in [-0.25, -0.2) is 0 Å². The van der Waals surface area contributed by atoms with Gasteiger partial charge in [0.1, 0.15) is 5.75 Å². The van der Waals surface area contributed by atoms with Crippen LogP contribution in [0.5, 0.6) is 5.75 Å². The molecule has 0 aromatic heterocycles. The zero-order chi connectivity index (χ0) is 13.7. The summed E-state index contributed by atoms with van der Waals surface area (Å²) in [5.41, 5.74) is 0.642. The summed E-state index contributed by atoms with van der Waals surface area (Å²) in [7, 11) is 1.60. The van der Waals surface area contributed by atoms with E-state index in [4.69, 9.17) is 4.74 Å². The number of carbonyl (C=O) groups excluding carboxylic acids is 1. The molecule has 0 aliphatic carbocycles. The molecule has 104 valence electrons. The third-order valence-corrected chi connectivity index (χ3v) is 3.55. The van der Waals surface area contributed by atoms with E-state index >= 15 is 0 Å². The number of piperidine rings is 1. The van der Waals surface area contributed by atoms with Crippen LogP contribution < -0.4 is 15.4 Å². The van der Waals surface area contributed by atoms with Gasteiger partial charge < -0.3 is 15.4 Å². The lowest BCUT2D eigenvalue weighted by molar-refractivity contribution is 0.0946. The largest absolute Gasteiger partial charge is 0.497 e. The summed E-state index contributed by atoms with van der Waals surface area (Å²) in [6.07, 6.45) is 3.58. The van der Waals surface area contributed by atoms with Crippen LogP contribution in [-0.2, 0) is 0 Å². The molecule has 2 N–H and O–H groups in total. The molecule has 2 atom stereocenters.